The molecule has 6 nitrogen and oxygen atoms in total. The Morgan fingerprint density at radius 3 is 2.41 bits per heavy atom. The number of nitrogens with one attached hydrogen (secondary N) is 1. The molecule has 17 heavy (non-hydrogen) atoms. The van der Waals surface area contributed by atoms with Crippen molar-refractivity contribution in [1.29, 1.82) is 0 Å². The lowest BCUT2D eigenvalue weighted by atomic mass is 10.2. The van der Waals surface area contributed by atoms with Crippen LogP contribution in [0.1, 0.15) is 31.1 Å². The molecule has 0 spiro atoms. The van der Waals surface area contributed by atoms with Crippen LogP contribution in [0.25, 0.3) is 0 Å². The first-order valence-electron chi connectivity index (χ1n) is 4.97. The second kappa shape index (κ2) is 4.82. The zero-order valence-corrected chi connectivity index (χ0v) is 9.85. The largest absolute Gasteiger partial charge is 0.478 e. The highest BCUT2D eigenvalue weighted by Crippen LogP contribution is 2.10. The van der Waals surface area contributed by atoms with E-state index in [0.29, 0.717) is 0 Å². The summed E-state index contributed by atoms with van der Waals surface area (Å²) < 4.78 is 5.01. The number of carbonyl (C=O) groups excluding carboxylic acids is 1. The third-order valence-electron chi connectivity index (χ3n) is 1.64. The quantitative estimate of drug-likeness (QED) is 0.823. The number of carboxylic acids is 1. The average Bonchev–Trinajstić information content (AvgIpc) is 2.15. The Labute approximate surface area is 98.6 Å². The van der Waals surface area contributed by atoms with E-state index in [-0.39, 0.29) is 11.4 Å². The molecule has 2 N–H and O–H groups in total. The zero-order valence-electron chi connectivity index (χ0n) is 9.85. The predicted molar refractivity (Wildman–Crippen MR) is 61.1 cm³/mol. The zero-order chi connectivity index (χ0) is 13.1. The van der Waals surface area contributed by atoms with Crippen LogP contribution in [0.3, 0.4) is 0 Å². The molecule has 0 unspecified atom stereocenters. The molecule has 0 bridgehead atoms. The molecule has 1 aromatic rings. The SMILES string of the molecule is CC(C)(C)OC(=O)Nc1ccc(C(=O)O)cn1. The minimum Gasteiger partial charge on any atom is -0.478 e. The van der Waals surface area contributed by atoms with Gasteiger partial charge >= 0.3 is 12.1 Å². The number of carboxylic acid groups (broad SMARTS) is 1. The maximum atomic E-state index is 11.4. The molecular formula is C11H14N2O4. The van der Waals surface area contributed by atoms with Gasteiger partial charge in [-0.05, 0) is 32.9 Å². The number of amides is 1. The molecule has 0 fully saturated rings. The van der Waals surface area contributed by atoms with Crippen molar-refractivity contribution in [2.45, 2.75) is 26.4 Å². The lowest BCUT2D eigenvalue weighted by Crippen LogP contribution is -2.27. The van der Waals surface area contributed by atoms with Gasteiger partial charge in [0.2, 0.25) is 0 Å². The fourth-order valence-corrected chi connectivity index (χ4v) is 1.00. The highest BCUT2D eigenvalue weighted by atomic mass is 16.6. The standard InChI is InChI=1S/C11H14N2O4/c1-11(2,3)17-10(16)13-8-5-4-7(6-12-8)9(14)15/h4-6H,1-3H3,(H,14,15)(H,12,13,16). The van der Waals surface area contributed by atoms with Gasteiger partial charge < -0.3 is 9.84 Å². The Morgan fingerprint density at radius 2 is 2.00 bits per heavy atom. The van der Waals surface area contributed by atoms with Crippen molar-refractivity contribution in [2.24, 2.45) is 0 Å². The topological polar surface area (TPSA) is 88.5 Å². The summed E-state index contributed by atoms with van der Waals surface area (Å²) in [4.78, 5) is 25.7. The van der Waals surface area contributed by atoms with E-state index in [1.165, 1.54) is 12.1 Å². The molecule has 1 amide bonds. The molecule has 92 valence electrons. The van der Waals surface area contributed by atoms with Gasteiger partial charge in [-0.1, -0.05) is 0 Å². The van der Waals surface area contributed by atoms with Crippen molar-refractivity contribution in [3.05, 3.63) is 23.9 Å². The van der Waals surface area contributed by atoms with Crippen LogP contribution in [0.2, 0.25) is 0 Å². The number of hydrogen-bond donors (Lipinski definition) is 2. The van der Waals surface area contributed by atoms with Crippen LogP contribution >= 0.6 is 0 Å². The molecule has 0 atom stereocenters. The van der Waals surface area contributed by atoms with Crippen LogP contribution in [-0.2, 0) is 4.74 Å². The lowest BCUT2D eigenvalue weighted by Gasteiger charge is -2.19. The van der Waals surface area contributed by atoms with Crippen LogP contribution in [0, 0.1) is 0 Å². The van der Waals surface area contributed by atoms with Gasteiger partial charge in [0, 0.05) is 6.20 Å². The maximum Gasteiger partial charge on any atom is 0.413 e. The van der Waals surface area contributed by atoms with Crippen LogP contribution < -0.4 is 5.32 Å². The van der Waals surface area contributed by atoms with Crippen molar-refractivity contribution < 1.29 is 19.4 Å². The van der Waals surface area contributed by atoms with E-state index in [2.05, 4.69) is 10.3 Å². The summed E-state index contributed by atoms with van der Waals surface area (Å²) >= 11 is 0. The number of nitrogens with zero attached hydrogens (tertiary/aromatic N) is 1. The normalized spacial score (nSPS) is 10.8. The molecule has 0 aliphatic carbocycles. The molecule has 6 heteroatoms. The second-order valence-corrected chi connectivity index (χ2v) is 4.36. The van der Waals surface area contributed by atoms with Crippen LogP contribution in [0.5, 0.6) is 0 Å². The molecule has 0 saturated heterocycles. The molecule has 0 aromatic carbocycles. The van der Waals surface area contributed by atoms with E-state index in [1.54, 1.807) is 20.8 Å². The monoisotopic (exact) mass is 238 g/mol. The van der Waals surface area contributed by atoms with Crippen LogP contribution in [0.15, 0.2) is 18.3 Å². The van der Waals surface area contributed by atoms with Gasteiger partial charge in [-0.25, -0.2) is 14.6 Å². The smallest absolute Gasteiger partial charge is 0.413 e. The van der Waals surface area contributed by atoms with E-state index < -0.39 is 17.7 Å². The Kier molecular flexibility index (Phi) is 3.67. The summed E-state index contributed by atoms with van der Waals surface area (Å²) in [5.41, 5.74) is -0.537. The van der Waals surface area contributed by atoms with Crippen molar-refractivity contribution in [2.75, 3.05) is 5.32 Å². The summed E-state index contributed by atoms with van der Waals surface area (Å²) in [6.45, 7) is 5.23. The third-order valence-corrected chi connectivity index (χ3v) is 1.64. The number of anilines is 1. The number of pyridine rings is 1. The Morgan fingerprint density at radius 1 is 1.35 bits per heavy atom. The molecule has 1 heterocycles. The van der Waals surface area contributed by atoms with E-state index in [0.717, 1.165) is 6.20 Å². The van der Waals surface area contributed by atoms with Gasteiger partial charge in [-0.3, -0.25) is 5.32 Å². The Hall–Kier alpha value is -2.11. The van der Waals surface area contributed by atoms with Gasteiger partial charge in [-0.15, -0.1) is 0 Å². The first-order chi connectivity index (χ1) is 7.78. The Balaban J connectivity index is 2.64. The first-order valence-corrected chi connectivity index (χ1v) is 4.97. The molecule has 1 aromatic heterocycles. The Bertz CT molecular complexity index is 420. The lowest BCUT2D eigenvalue weighted by molar-refractivity contribution is 0.0634. The molecule has 0 aliphatic rings. The van der Waals surface area contributed by atoms with Crippen molar-refractivity contribution in [1.82, 2.24) is 4.98 Å². The van der Waals surface area contributed by atoms with Gasteiger partial charge in [0.05, 0.1) is 5.56 Å². The number of carbonyl (C=O) groups is 2. The predicted octanol–water partition coefficient (Wildman–Crippen LogP) is 2.13. The van der Waals surface area contributed by atoms with Crippen molar-refractivity contribution in [3.8, 4) is 0 Å². The fourth-order valence-electron chi connectivity index (χ4n) is 1.00. The summed E-state index contributed by atoms with van der Waals surface area (Å²) in [7, 11) is 0. The number of aromatic carboxylic acids is 1. The number of ether oxygens (including phenoxy) is 1. The van der Waals surface area contributed by atoms with Crippen LogP contribution in [-0.4, -0.2) is 27.8 Å². The number of hydrogen-bond acceptors (Lipinski definition) is 4. The van der Waals surface area contributed by atoms with Crippen molar-refractivity contribution in [3.63, 3.8) is 0 Å². The molecule has 0 aliphatic heterocycles. The minimum atomic E-state index is -1.07. The highest BCUT2D eigenvalue weighted by Gasteiger charge is 2.16. The number of rotatable bonds is 2. The van der Waals surface area contributed by atoms with Gasteiger partial charge in [0.15, 0.2) is 0 Å². The van der Waals surface area contributed by atoms with Crippen LogP contribution in [0.4, 0.5) is 10.6 Å². The van der Waals surface area contributed by atoms with E-state index >= 15 is 0 Å². The summed E-state index contributed by atoms with van der Waals surface area (Å²) in [5, 5.41) is 11.1. The molecule has 0 saturated carbocycles. The minimum absolute atomic E-state index is 0.0553. The third kappa shape index (κ3) is 4.50. The highest BCUT2D eigenvalue weighted by molar-refractivity contribution is 5.88. The summed E-state index contributed by atoms with van der Waals surface area (Å²) in [6, 6.07) is 2.75. The maximum absolute atomic E-state index is 11.4. The second-order valence-electron chi connectivity index (χ2n) is 4.36. The summed E-state index contributed by atoms with van der Waals surface area (Å²) in [6.07, 6.45) is 0.530. The van der Waals surface area contributed by atoms with Gasteiger partial charge in [0.1, 0.15) is 11.4 Å². The van der Waals surface area contributed by atoms with Gasteiger partial charge in [0.25, 0.3) is 0 Å². The number of aromatic nitrogens is 1. The van der Waals surface area contributed by atoms with Gasteiger partial charge in [-0.2, -0.15) is 0 Å². The fraction of sp³-hybridized carbons (Fsp3) is 0.364. The van der Waals surface area contributed by atoms with E-state index in [9.17, 15) is 9.59 Å². The molecule has 0 radical (unpaired) electrons. The van der Waals surface area contributed by atoms with E-state index in [4.69, 9.17) is 9.84 Å². The first kappa shape index (κ1) is 13.0. The molecule has 1 rings (SSSR count). The summed E-state index contributed by atoms with van der Waals surface area (Å²) in [5.74, 6) is -0.828. The van der Waals surface area contributed by atoms with Crippen molar-refractivity contribution >= 4 is 17.9 Å². The average molecular weight is 238 g/mol. The molecular weight excluding hydrogens is 224 g/mol. The van der Waals surface area contributed by atoms with E-state index in [1.807, 2.05) is 0 Å².